The molecule has 2 aromatic carbocycles. The summed E-state index contributed by atoms with van der Waals surface area (Å²) in [5.41, 5.74) is 1.66. The summed E-state index contributed by atoms with van der Waals surface area (Å²) < 4.78 is 13.4. The number of hydrogen-bond donors (Lipinski definition) is 0. The standard InChI is InChI=1S/C20H15ClFN3/c21-18-3-1-2-15(8-18)9-20(13-23,10-16-11-24-14-25-12-16)17-4-6-19(22)7-5-17/h1-8,11-12,14H,9-10H2. The molecule has 0 fully saturated rings. The van der Waals surface area contributed by atoms with Crippen LogP contribution >= 0.6 is 11.6 Å². The number of halogens is 2. The van der Waals surface area contributed by atoms with Gasteiger partial charge in [0.25, 0.3) is 0 Å². The molecule has 3 aromatic rings. The lowest BCUT2D eigenvalue weighted by Crippen LogP contribution is -2.30. The Morgan fingerprint density at radius 3 is 2.32 bits per heavy atom. The van der Waals surface area contributed by atoms with Gasteiger partial charge in [-0.25, -0.2) is 14.4 Å². The van der Waals surface area contributed by atoms with Gasteiger partial charge in [0, 0.05) is 17.4 Å². The van der Waals surface area contributed by atoms with E-state index in [0.29, 0.717) is 17.9 Å². The molecule has 0 aliphatic heterocycles. The van der Waals surface area contributed by atoms with Crippen LogP contribution in [0, 0.1) is 17.1 Å². The van der Waals surface area contributed by atoms with Crippen molar-refractivity contribution in [1.29, 1.82) is 5.26 Å². The molecule has 0 aliphatic rings. The molecule has 3 nitrogen and oxygen atoms in total. The summed E-state index contributed by atoms with van der Waals surface area (Å²) in [5, 5.41) is 10.7. The molecule has 0 amide bonds. The molecule has 1 heterocycles. The van der Waals surface area contributed by atoms with E-state index in [-0.39, 0.29) is 5.82 Å². The largest absolute Gasteiger partial charge is 0.245 e. The fraction of sp³-hybridized carbons (Fsp3) is 0.150. The van der Waals surface area contributed by atoms with E-state index < -0.39 is 5.41 Å². The topological polar surface area (TPSA) is 49.6 Å². The smallest absolute Gasteiger partial charge is 0.123 e. The highest BCUT2D eigenvalue weighted by molar-refractivity contribution is 6.30. The molecule has 0 saturated carbocycles. The number of benzene rings is 2. The van der Waals surface area contributed by atoms with Gasteiger partial charge >= 0.3 is 0 Å². The van der Waals surface area contributed by atoms with Gasteiger partial charge < -0.3 is 0 Å². The maximum absolute atomic E-state index is 13.4. The highest BCUT2D eigenvalue weighted by Crippen LogP contribution is 2.32. The molecule has 0 spiro atoms. The zero-order valence-corrected chi connectivity index (χ0v) is 14.1. The minimum Gasteiger partial charge on any atom is -0.245 e. The van der Waals surface area contributed by atoms with E-state index in [0.717, 1.165) is 16.7 Å². The predicted molar refractivity (Wildman–Crippen MR) is 94.6 cm³/mol. The highest BCUT2D eigenvalue weighted by Gasteiger charge is 2.33. The second kappa shape index (κ2) is 7.42. The Hall–Kier alpha value is -2.77. The van der Waals surface area contributed by atoms with Gasteiger partial charge in [0.15, 0.2) is 0 Å². The maximum atomic E-state index is 13.4. The molecule has 0 saturated heterocycles. The number of hydrogen-bond acceptors (Lipinski definition) is 3. The first kappa shape index (κ1) is 17.1. The highest BCUT2D eigenvalue weighted by atomic mass is 35.5. The van der Waals surface area contributed by atoms with E-state index in [9.17, 15) is 9.65 Å². The van der Waals surface area contributed by atoms with E-state index >= 15 is 0 Å². The van der Waals surface area contributed by atoms with Gasteiger partial charge in [0.05, 0.1) is 11.5 Å². The van der Waals surface area contributed by atoms with Crippen LogP contribution in [0.4, 0.5) is 4.39 Å². The average molecular weight is 352 g/mol. The van der Waals surface area contributed by atoms with Crippen molar-refractivity contribution in [3.05, 3.63) is 94.8 Å². The van der Waals surface area contributed by atoms with Gasteiger partial charge in [-0.3, -0.25) is 0 Å². The zero-order chi connectivity index (χ0) is 17.7. The number of rotatable bonds is 5. The van der Waals surface area contributed by atoms with Crippen molar-refractivity contribution in [2.45, 2.75) is 18.3 Å². The van der Waals surface area contributed by atoms with Crippen LogP contribution < -0.4 is 0 Å². The molecule has 1 atom stereocenters. The van der Waals surface area contributed by atoms with Crippen LogP contribution in [0.5, 0.6) is 0 Å². The van der Waals surface area contributed by atoms with E-state index in [2.05, 4.69) is 16.0 Å². The van der Waals surface area contributed by atoms with Crippen molar-refractivity contribution in [3.8, 4) is 6.07 Å². The molecule has 0 aliphatic carbocycles. The molecule has 5 heteroatoms. The molecule has 1 aromatic heterocycles. The Morgan fingerprint density at radius 2 is 1.68 bits per heavy atom. The van der Waals surface area contributed by atoms with Crippen LogP contribution in [0.25, 0.3) is 0 Å². The SMILES string of the molecule is N#CC(Cc1cncnc1)(Cc1cccc(Cl)c1)c1ccc(F)cc1. The van der Waals surface area contributed by atoms with E-state index in [1.165, 1.54) is 18.5 Å². The van der Waals surface area contributed by atoms with Gasteiger partial charge in [-0.1, -0.05) is 35.9 Å². The van der Waals surface area contributed by atoms with Gasteiger partial charge in [0.1, 0.15) is 12.1 Å². The van der Waals surface area contributed by atoms with Crippen LogP contribution in [-0.2, 0) is 18.3 Å². The number of nitrogens with zero attached hydrogens (tertiary/aromatic N) is 3. The van der Waals surface area contributed by atoms with Crippen molar-refractivity contribution in [2.24, 2.45) is 0 Å². The first-order chi connectivity index (χ1) is 12.1. The quantitative estimate of drug-likeness (QED) is 0.679. The predicted octanol–water partition coefficient (Wildman–Crippen LogP) is 4.52. The molecule has 1 unspecified atom stereocenters. The second-order valence-electron chi connectivity index (χ2n) is 5.93. The lowest BCUT2D eigenvalue weighted by molar-refractivity contribution is 0.537. The third-order valence-electron chi connectivity index (χ3n) is 4.13. The van der Waals surface area contributed by atoms with E-state index in [4.69, 9.17) is 11.6 Å². The summed E-state index contributed by atoms with van der Waals surface area (Å²) >= 11 is 6.09. The Kier molecular flexibility index (Phi) is 5.06. The molecule has 0 radical (unpaired) electrons. The number of nitriles is 1. The second-order valence-corrected chi connectivity index (χ2v) is 6.37. The van der Waals surface area contributed by atoms with Gasteiger partial charge in [-0.15, -0.1) is 0 Å². The lowest BCUT2D eigenvalue weighted by Gasteiger charge is -2.27. The summed E-state index contributed by atoms with van der Waals surface area (Å²) in [4.78, 5) is 8.06. The van der Waals surface area contributed by atoms with Crippen molar-refractivity contribution < 1.29 is 4.39 Å². The van der Waals surface area contributed by atoms with Crippen LogP contribution in [0.2, 0.25) is 5.02 Å². The molecule has 124 valence electrons. The first-order valence-electron chi connectivity index (χ1n) is 7.77. The zero-order valence-electron chi connectivity index (χ0n) is 13.4. The summed E-state index contributed by atoms with van der Waals surface area (Å²) in [5.74, 6) is -0.332. The van der Waals surface area contributed by atoms with Gasteiger partial charge in [-0.05, 0) is 53.8 Å². The summed E-state index contributed by atoms with van der Waals surface area (Å²) in [6.07, 6.45) is 5.71. The molecular weight excluding hydrogens is 337 g/mol. The van der Waals surface area contributed by atoms with Gasteiger partial charge in [-0.2, -0.15) is 5.26 Å². The van der Waals surface area contributed by atoms with Crippen LogP contribution in [-0.4, -0.2) is 9.97 Å². The Labute approximate surface area is 150 Å². The van der Waals surface area contributed by atoms with Gasteiger partial charge in [0.2, 0.25) is 0 Å². The van der Waals surface area contributed by atoms with Crippen LogP contribution in [0.1, 0.15) is 16.7 Å². The van der Waals surface area contributed by atoms with Crippen molar-refractivity contribution in [2.75, 3.05) is 0 Å². The third kappa shape index (κ3) is 4.01. The fourth-order valence-electron chi connectivity index (χ4n) is 2.94. The molecular formula is C20H15ClFN3. The minimum absolute atomic E-state index is 0.332. The summed E-state index contributed by atoms with van der Waals surface area (Å²) in [7, 11) is 0. The lowest BCUT2D eigenvalue weighted by atomic mass is 9.73. The van der Waals surface area contributed by atoms with Crippen molar-refractivity contribution >= 4 is 11.6 Å². The van der Waals surface area contributed by atoms with Crippen molar-refractivity contribution in [1.82, 2.24) is 9.97 Å². The van der Waals surface area contributed by atoms with Crippen molar-refractivity contribution in [3.63, 3.8) is 0 Å². The fourth-order valence-corrected chi connectivity index (χ4v) is 3.16. The Morgan fingerprint density at radius 1 is 1.00 bits per heavy atom. The van der Waals surface area contributed by atoms with E-state index in [1.54, 1.807) is 30.6 Å². The Balaban J connectivity index is 2.05. The maximum Gasteiger partial charge on any atom is 0.123 e. The third-order valence-corrected chi connectivity index (χ3v) is 4.36. The first-order valence-corrected chi connectivity index (χ1v) is 8.15. The molecule has 0 N–H and O–H groups in total. The number of aromatic nitrogens is 2. The minimum atomic E-state index is -0.872. The molecule has 3 rings (SSSR count). The monoisotopic (exact) mass is 351 g/mol. The van der Waals surface area contributed by atoms with Crippen LogP contribution in [0.15, 0.2) is 67.3 Å². The van der Waals surface area contributed by atoms with Crippen LogP contribution in [0.3, 0.4) is 0 Å². The summed E-state index contributed by atoms with van der Waals surface area (Å²) in [6.45, 7) is 0. The molecule has 25 heavy (non-hydrogen) atoms. The molecule has 0 bridgehead atoms. The van der Waals surface area contributed by atoms with E-state index in [1.807, 2.05) is 18.2 Å². The Bertz CT molecular complexity index is 891. The summed E-state index contributed by atoms with van der Waals surface area (Å²) in [6, 6.07) is 15.9. The normalized spacial score (nSPS) is 13.0. The average Bonchev–Trinajstić information content (AvgIpc) is 2.62.